The van der Waals surface area contributed by atoms with E-state index in [1.807, 2.05) is 37.3 Å². The monoisotopic (exact) mass is 352 g/mol. The van der Waals surface area contributed by atoms with Crippen molar-refractivity contribution >= 4 is 16.9 Å². The van der Waals surface area contributed by atoms with Gasteiger partial charge in [-0.3, -0.25) is 4.79 Å². The Hall–Kier alpha value is -3.02. The van der Waals surface area contributed by atoms with Gasteiger partial charge < -0.3 is 18.8 Å². The van der Waals surface area contributed by atoms with Crippen molar-refractivity contribution in [2.24, 2.45) is 0 Å². The zero-order valence-electron chi connectivity index (χ0n) is 14.8. The summed E-state index contributed by atoms with van der Waals surface area (Å²) in [5.74, 6) is 1.54. The van der Waals surface area contributed by atoms with Crippen molar-refractivity contribution in [3.63, 3.8) is 0 Å². The lowest BCUT2D eigenvalue weighted by atomic mass is 10.2. The van der Waals surface area contributed by atoms with Crippen LogP contribution in [0, 0.1) is 6.92 Å². The smallest absolute Gasteiger partial charge is 0.289 e. The number of methoxy groups -OCH3 is 1. The van der Waals surface area contributed by atoms with Crippen LogP contribution in [0.15, 0.2) is 47.0 Å². The average Bonchev–Trinajstić information content (AvgIpc) is 3.29. The lowest BCUT2D eigenvalue weighted by Crippen LogP contribution is -2.30. The molecule has 1 unspecified atom stereocenters. The molecule has 1 aliphatic heterocycles. The van der Waals surface area contributed by atoms with Gasteiger partial charge in [0.15, 0.2) is 5.76 Å². The van der Waals surface area contributed by atoms with E-state index in [0.29, 0.717) is 30.3 Å². The minimum Gasteiger partial charge on any atom is -0.497 e. The minimum absolute atomic E-state index is 0.0568. The number of nitrogens with zero attached hydrogens (tertiary/aromatic N) is 2. The van der Waals surface area contributed by atoms with E-state index in [2.05, 4.69) is 4.98 Å². The average molecular weight is 352 g/mol. The first kappa shape index (κ1) is 16.4. The summed E-state index contributed by atoms with van der Waals surface area (Å²) in [6, 6.07) is 11.1. The third-order valence-corrected chi connectivity index (χ3v) is 4.54. The summed E-state index contributed by atoms with van der Waals surface area (Å²) in [7, 11) is 1.61. The van der Waals surface area contributed by atoms with Crippen LogP contribution in [0.3, 0.4) is 0 Å². The molecule has 1 amide bonds. The Labute approximate surface area is 151 Å². The SMILES string of the molecule is COc1ccc2oc(C(=O)N3CCC(Oc4ccc(C)cn4)C3)cc2c1. The molecule has 0 aliphatic carbocycles. The molecule has 134 valence electrons. The molecule has 0 bridgehead atoms. The summed E-state index contributed by atoms with van der Waals surface area (Å²) in [4.78, 5) is 18.8. The molecule has 1 saturated heterocycles. The van der Waals surface area contributed by atoms with E-state index in [0.717, 1.165) is 23.1 Å². The molecule has 0 radical (unpaired) electrons. The van der Waals surface area contributed by atoms with Crippen LogP contribution in [-0.2, 0) is 0 Å². The number of hydrogen-bond donors (Lipinski definition) is 0. The van der Waals surface area contributed by atoms with Crippen LogP contribution < -0.4 is 9.47 Å². The highest BCUT2D eigenvalue weighted by atomic mass is 16.5. The van der Waals surface area contributed by atoms with Gasteiger partial charge in [-0.2, -0.15) is 0 Å². The summed E-state index contributed by atoms with van der Waals surface area (Å²) < 4.78 is 16.8. The molecule has 3 aromatic rings. The maximum Gasteiger partial charge on any atom is 0.289 e. The fourth-order valence-electron chi connectivity index (χ4n) is 3.11. The van der Waals surface area contributed by atoms with Crippen molar-refractivity contribution in [3.8, 4) is 11.6 Å². The van der Waals surface area contributed by atoms with Crippen molar-refractivity contribution in [1.82, 2.24) is 9.88 Å². The maximum atomic E-state index is 12.7. The molecule has 1 atom stereocenters. The highest BCUT2D eigenvalue weighted by Gasteiger charge is 2.30. The van der Waals surface area contributed by atoms with E-state index in [1.165, 1.54) is 0 Å². The molecule has 1 aromatic carbocycles. The number of carbonyl (C=O) groups is 1. The topological polar surface area (TPSA) is 64.8 Å². The summed E-state index contributed by atoms with van der Waals surface area (Å²) in [6.07, 6.45) is 2.49. The lowest BCUT2D eigenvalue weighted by molar-refractivity contribution is 0.0742. The van der Waals surface area contributed by atoms with E-state index >= 15 is 0 Å². The van der Waals surface area contributed by atoms with E-state index < -0.39 is 0 Å². The number of pyridine rings is 1. The molecule has 0 N–H and O–H groups in total. The molecule has 3 heterocycles. The van der Waals surface area contributed by atoms with Crippen molar-refractivity contribution in [1.29, 1.82) is 0 Å². The van der Waals surface area contributed by atoms with Crippen LogP contribution in [0.25, 0.3) is 11.0 Å². The number of likely N-dealkylation sites (tertiary alicyclic amines) is 1. The number of aromatic nitrogens is 1. The van der Waals surface area contributed by atoms with Crippen molar-refractivity contribution in [2.45, 2.75) is 19.4 Å². The van der Waals surface area contributed by atoms with Crippen LogP contribution in [-0.4, -0.2) is 42.1 Å². The minimum atomic E-state index is -0.122. The van der Waals surface area contributed by atoms with E-state index in [9.17, 15) is 4.79 Å². The van der Waals surface area contributed by atoms with Gasteiger partial charge >= 0.3 is 0 Å². The Morgan fingerprint density at radius 1 is 1.27 bits per heavy atom. The number of carbonyl (C=O) groups excluding carboxylic acids is 1. The number of aryl methyl sites for hydroxylation is 1. The van der Waals surface area contributed by atoms with Gasteiger partial charge in [0, 0.05) is 30.6 Å². The molecule has 1 fully saturated rings. The maximum absolute atomic E-state index is 12.7. The van der Waals surface area contributed by atoms with Gasteiger partial charge in [-0.25, -0.2) is 4.98 Å². The lowest BCUT2D eigenvalue weighted by Gasteiger charge is -2.15. The second-order valence-corrected chi connectivity index (χ2v) is 6.47. The van der Waals surface area contributed by atoms with Crippen LogP contribution in [0.5, 0.6) is 11.6 Å². The molecule has 0 spiro atoms. The van der Waals surface area contributed by atoms with E-state index in [4.69, 9.17) is 13.9 Å². The number of fused-ring (bicyclic) bond motifs is 1. The highest BCUT2D eigenvalue weighted by Crippen LogP contribution is 2.26. The van der Waals surface area contributed by atoms with Gasteiger partial charge in [0.05, 0.1) is 13.7 Å². The van der Waals surface area contributed by atoms with Crippen LogP contribution in [0.2, 0.25) is 0 Å². The number of hydrogen-bond acceptors (Lipinski definition) is 5. The second-order valence-electron chi connectivity index (χ2n) is 6.47. The fourth-order valence-corrected chi connectivity index (χ4v) is 3.11. The number of benzene rings is 1. The third-order valence-electron chi connectivity index (χ3n) is 4.54. The highest BCUT2D eigenvalue weighted by molar-refractivity contribution is 5.96. The van der Waals surface area contributed by atoms with Gasteiger partial charge in [0.2, 0.25) is 5.88 Å². The van der Waals surface area contributed by atoms with E-state index in [-0.39, 0.29) is 12.0 Å². The van der Waals surface area contributed by atoms with Crippen molar-refractivity contribution in [2.75, 3.05) is 20.2 Å². The molecular weight excluding hydrogens is 332 g/mol. The fraction of sp³-hybridized carbons (Fsp3) is 0.300. The zero-order valence-corrected chi connectivity index (χ0v) is 14.8. The van der Waals surface area contributed by atoms with Gasteiger partial charge in [-0.05, 0) is 36.8 Å². The predicted octanol–water partition coefficient (Wildman–Crippen LogP) is 3.44. The van der Waals surface area contributed by atoms with Crippen LogP contribution in [0.1, 0.15) is 22.5 Å². The third kappa shape index (κ3) is 3.22. The van der Waals surface area contributed by atoms with Gasteiger partial charge in [-0.1, -0.05) is 6.07 Å². The molecule has 1 aliphatic rings. The summed E-state index contributed by atoms with van der Waals surface area (Å²) >= 11 is 0. The molecule has 0 saturated carbocycles. The van der Waals surface area contributed by atoms with Gasteiger partial charge in [-0.15, -0.1) is 0 Å². The quantitative estimate of drug-likeness (QED) is 0.720. The van der Waals surface area contributed by atoms with Crippen LogP contribution >= 0.6 is 0 Å². The predicted molar refractivity (Wildman–Crippen MR) is 96.7 cm³/mol. The molecule has 6 heteroatoms. The van der Waals surface area contributed by atoms with Gasteiger partial charge in [0.1, 0.15) is 17.4 Å². The second kappa shape index (κ2) is 6.71. The first-order valence-corrected chi connectivity index (χ1v) is 8.58. The van der Waals surface area contributed by atoms with E-state index in [1.54, 1.807) is 24.3 Å². The Bertz CT molecular complexity index is 933. The number of furan rings is 1. The molecule has 6 nitrogen and oxygen atoms in total. The van der Waals surface area contributed by atoms with Crippen LogP contribution in [0.4, 0.5) is 0 Å². The number of amides is 1. The molecule has 2 aromatic heterocycles. The Morgan fingerprint density at radius 2 is 2.15 bits per heavy atom. The Morgan fingerprint density at radius 3 is 2.92 bits per heavy atom. The number of rotatable bonds is 4. The first-order chi connectivity index (χ1) is 12.6. The standard InChI is InChI=1S/C20H20N2O4/c1-13-3-6-19(21-11-13)25-16-7-8-22(12-16)20(23)18-10-14-9-15(24-2)4-5-17(14)26-18/h3-6,9-11,16H,7-8,12H2,1-2H3. The molecule has 26 heavy (non-hydrogen) atoms. The normalized spacial score (nSPS) is 16.8. The Balaban J connectivity index is 1.44. The summed E-state index contributed by atoms with van der Waals surface area (Å²) in [6.45, 7) is 3.14. The zero-order chi connectivity index (χ0) is 18.1. The van der Waals surface area contributed by atoms with Crippen molar-refractivity contribution < 1.29 is 18.7 Å². The van der Waals surface area contributed by atoms with Crippen molar-refractivity contribution in [3.05, 3.63) is 53.9 Å². The largest absolute Gasteiger partial charge is 0.497 e. The molecule has 4 rings (SSSR count). The molecular formula is C20H20N2O4. The Kier molecular flexibility index (Phi) is 4.24. The first-order valence-electron chi connectivity index (χ1n) is 8.58. The number of ether oxygens (including phenoxy) is 2. The summed E-state index contributed by atoms with van der Waals surface area (Å²) in [5.41, 5.74) is 1.76. The van der Waals surface area contributed by atoms with Gasteiger partial charge in [0.25, 0.3) is 5.91 Å². The summed E-state index contributed by atoms with van der Waals surface area (Å²) in [5, 5.41) is 0.851.